The molecule has 10 heteroatoms. The molecular weight excluding hydrogens is 380 g/mol. The van der Waals surface area contributed by atoms with Crippen LogP contribution in [0, 0.1) is 5.92 Å². The third kappa shape index (κ3) is 4.07. The Kier molecular flexibility index (Phi) is 5.33. The van der Waals surface area contributed by atoms with Crippen molar-refractivity contribution in [3.8, 4) is 0 Å². The van der Waals surface area contributed by atoms with E-state index in [1.54, 1.807) is 12.1 Å². The lowest BCUT2D eigenvalue weighted by Crippen LogP contribution is -2.40. The molecule has 2 aliphatic heterocycles. The molecule has 1 fully saturated rings. The van der Waals surface area contributed by atoms with Crippen molar-refractivity contribution in [1.82, 2.24) is 10.2 Å². The van der Waals surface area contributed by atoms with Crippen molar-refractivity contribution in [3.05, 3.63) is 40.5 Å². The van der Waals surface area contributed by atoms with Crippen molar-refractivity contribution in [3.63, 3.8) is 0 Å². The maximum absolute atomic E-state index is 12.4. The highest BCUT2D eigenvalue weighted by Crippen LogP contribution is 2.32. The predicted octanol–water partition coefficient (Wildman–Crippen LogP) is 1.38. The Balaban J connectivity index is 1.66. The molecule has 1 aromatic heterocycles. The number of hydrogen-bond donors (Lipinski definition) is 1. The summed E-state index contributed by atoms with van der Waals surface area (Å²) in [6, 6.07) is 2.87. The third-order valence-corrected chi connectivity index (χ3v) is 6.44. The van der Waals surface area contributed by atoms with E-state index in [9.17, 15) is 22.8 Å². The summed E-state index contributed by atoms with van der Waals surface area (Å²) >= 11 is 0.816. The minimum absolute atomic E-state index is 0.0794. The van der Waals surface area contributed by atoms with Gasteiger partial charge in [0.15, 0.2) is 9.84 Å². The van der Waals surface area contributed by atoms with Gasteiger partial charge in [-0.2, -0.15) is 0 Å². The number of sulfone groups is 1. The number of rotatable bonds is 7. The molecule has 0 bridgehead atoms. The van der Waals surface area contributed by atoms with Crippen LogP contribution in [0.25, 0.3) is 6.08 Å². The lowest BCUT2D eigenvalue weighted by molar-refractivity contribution is -0.122. The number of furan rings is 1. The highest BCUT2D eigenvalue weighted by molar-refractivity contribution is 8.18. The van der Waals surface area contributed by atoms with Crippen LogP contribution < -0.4 is 5.32 Å². The number of carbonyl (C=O) groups excluding carboxylic acids is 3. The second kappa shape index (κ2) is 7.50. The fourth-order valence-corrected chi connectivity index (χ4v) is 5.10. The van der Waals surface area contributed by atoms with Crippen LogP contribution >= 0.6 is 11.8 Å². The van der Waals surface area contributed by atoms with Gasteiger partial charge in [0.2, 0.25) is 6.41 Å². The maximum atomic E-state index is 12.4. The Morgan fingerprint density at radius 2 is 2.23 bits per heavy atom. The molecule has 0 saturated carbocycles. The minimum Gasteiger partial charge on any atom is -0.465 e. The van der Waals surface area contributed by atoms with E-state index in [1.165, 1.54) is 18.4 Å². The first-order chi connectivity index (χ1) is 12.4. The van der Waals surface area contributed by atoms with Crippen LogP contribution in [-0.4, -0.2) is 49.2 Å². The highest BCUT2D eigenvalue weighted by Gasteiger charge is 2.36. The highest BCUT2D eigenvalue weighted by atomic mass is 32.2. The molecule has 138 valence electrons. The molecule has 8 nitrogen and oxygen atoms in total. The molecule has 0 spiro atoms. The molecule has 0 radical (unpaired) electrons. The molecule has 3 amide bonds. The third-order valence-electron chi connectivity index (χ3n) is 4.11. The summed E-state index contributed by atoms with van der Waals surface area (Å²) < 4.78 is 28.3. The average molecular weight is 396 g/mol. The topological polar surface area (TPSA) is 114 Å². The standard InChI is InChI=1S/C16H16N2O6S2/c19-10-17-13(11-4-7-26(22,23)9-11)3-5-18-15(20)14(25-16(18)21)8-12-2-1-6-24-12/h1-2,4,6-8,10-11,13H,3,5,9H2,(H,17,19). The predicted molar refractivity (Wildman–Crippen MR) is 95.4 cm³/mol. The molecule has 1 aromatic rings. The number of amides is 3. The summed E-state index contributed by atoms with van der Waals surface area (Å²) in [5, 5.41) is 3.30. The van der Waals surface area contributed by atoms with Gasteiger partial charge in [-0.3, -0.25) is 19.3 Å². The summed E-state index contributed by atoms with van der Waals surface area (Å²) in [6.45, 7) is 0.0794. The molecule has 3 rings (SSSR count). The fourth-order valence-electron chi connectivity index (χ4n) is 2.82. The Morgan fingerprint density at radius 1 is 1.42 bits per heavy atom. The second-order valence-corrected chi connectivity index (χ2v) is 8.77. The number of thioether (sulfide) groups is 1. The zero-order valence-electron chi connectivity index (χ0n) is 13.5. The van der Waals surface area contributed by atoms with E-state index in [0.29, 0.717) is 12.2 Å². The van der Waals surface area contributed by atoms with Crippen molar-refractivity contribution >= 4 is 45.2 Å². The minimum atomic E-state index is -3.26. The van der Waals surface area contributed by atoms with Gasteiger partial charge < -0.3 is 9.73 Å². The first-order valence-electron chi connectivity index (χ1n) is 7.79. The molecule has 26 heavy (non-hydrogen) atoms. The SMILES string of the molecule is O=CNC(CCN1C(=O)SC(=Cc2ccco2)C1=O)C1C=CS(=O)(=O)C1. The first kappa shape index (κ1) is 18.5. The van der Waals surface area contributed by atoms with Crippen molar-refractivity contribution < 1.29 is 27.2 Å². The van der Waals surface area contributed by atoms with Crippen LogP contribution in [0.2, 0.25) is 0 Å². The van der Waals surface area contributed by atoms with E-state index in [4.69, 9.17) is 4.42 Å². The molecule has 0 aromatic carbocycles. The summed E-state index contributed by atoms with van der Waals surface area (Å²) in [7, 11) is -3.26. The van der Waals surface area contributed by atoms with Crippen LogP contribution in [0.15, 0.2) is 39.2 Å². The summed E-state index contributed by atoms with van der Waals surface area (Å²) in [6.07, 6.45) is 5.25. The normalized spacial score (nSPS) is 24.4. The van der Waals surface area contributed by atoms with E-state index >= 15 is 0 Å². The first-order valence-corrected chi connectivity index (χ1v) is 10.3. The zero-order valence-corrected chi connectivity index (χ0v) is 15.2. The number of hydrogen-bond acceptors (Lipinski definition) is 7. The van der Waals surface area contributed by atoms with Crippen molar-refractivity contribution in [2.24, 2.45) is 5.92 Å². The van der Waals surface area contributed by atoms with Crippen molar-refractivity contribution in [2.75, 3.05) is 12.3 Å². The number of imide groups is 1. The van der Waals surface area contributed by atoms with E-state index in [-0.39, 0.29) is 29.5 Å². The lowest BCUT2D eigenvalue weighted by Gasteiger charge is -2.23. The fraction of sp³-hybridized carbons (Fsp3) is 0.312. The van der Waals surface area contributed by atoms with E-state index in [1.807, 2.05) is 0 Å². The van der Waals surface area contributed by atoms with Gasteiger partial charge in [0, 0.05) is 30.0 Å². The van der Waals surface area contributed by atoms with E-state index in [2.05, 4.69) is 5.32 Å². The van der Waals surface area contributed by atoms with Crippen molar-refractivity contribution in [2.45, 2.75) is 12.5 Å². The van der Waals surface area contributed by atoms with Crippen LogP contribution in [0.1, 0.15) is 12.2 Å². The molecule has 1 N–H and O–H groups in total. The van der Waals surface area contributed by atoms with Gasteiger partial charge in [-0.1, -0.05) is 6.08 Å². The molecular formula is C16H16N2O6S2. The quantitative estimate of drug-likeness (QED) is 0.547. The molecule has 2 atom stereocenters. The van der Waals surface area contributed by atoms with Gasteiger partial charge in [-0.05, 0) is 30.3 Å². The maximum Gasteiger partial charge on any atom is 0.293 e. The van der Waals surface area contributed by atoms with Crippen LogP contribution in [0.4, 0.5) is 4.79 Å². The smallest absolute Gasteiger partial charge is 0.293 e. The molecule has 1 saturated heterocycles. The van der Waals surface area contributed by atoms with Gasteiger partial charge in [-0.15, -0.1) is 0 Å². The summed E-state index contributed by atoms with van der Waals surface area (Å²) in [5.74, 6) is -0.448. The van der Waals surface area contributed by atoms with Crippen LogP contribution in [0.3, 0.4) is 0 Å². The zero-order chi connectivity index (χ0) is 18.7. The van der Waals surface area contributed by atoms with Crippen LogP contribution in [-0.2, 0) is 19.4 Å². The molecule has 0 aliphatic carbocycles. The Bertz CT molecular complexity index is 873. The van der Waals surface area contributed by atoms with Gasteiger partial charge in [0.25, 0.3) is 11.1 Å². The summed E-state index contributed by atoms with van der Waals surface area (Å²) in [4.78, 5) is 36.7. The largest absolute Gasteiger partial charge is 0.465 e. The lowest BCUT2D eigenvalue weighted by atomic mass is 9.99. The average Bonchev–Trinajstić information content (AvgIpc) is 3.27. The molecule has 2 aliphatic rings. The number of nitrogens with zero attached hydrogens (tertiary/aromatic N) is 1. The van der Waals surface area contributed by atoms with Gasteiger partial charge >= 0.3 is 0 Å². The van der Waals surface area contributed by atoms with Crippen molar-refractivity contribution in [1.29, 1.82) is 0 Å². The molecule has 2 unspecified atom stereocenters. The van der Waals surface area contributed by atoms with Gasteiger partial charge in [0.1, 0.15) is 5.76 Å². The second-order valence-electron chi connectivity index (χ2n) is 5.85. The number of nitrogens with one attached hydrogen (secondary N) is 1. The summed E-state index contributed by atoms with van der Waals surface area (Å²) in [5.41, 5.74) is 0. The Morgan fingerprint density at radius 3 is 2.85 bits per heavy atom. The van der Waals surface area contributed by atoms with Gasteiger partial charge in [-0.25, -0.2) is 8.42 Å². The Labute approximate surface area is 154 Å². The van der Waals surface area contributed by atoms with E-state index < -0.39 is 27.0 Å². The van der Waals surface area contributed by atoms with Gasteiger partial charge in [0.05, 0.1) is 16.9 Å². The molecule has 3 heterocycles. The monoisotopic (exact) mass is 396 g/mol. The van der Waals surface area contributed by atoms with E-state index in [0.717, 1.165) is 22.1 Å². The Hall–Kier alpha value is -2.33. The number of carbonyl (C=O) groups is 3. The van der Waals surface area contributed by atoms with Crippen LogP contribution in [0.5, 0.6) is 0 Å².